The van der Waals surface area contributed by atoms with Crippen molar-refractivity contribution >= 4 is 32.6 Å². The fourth-order valence-corrected chi connectivity index (χ4v) is 3.79. The highest BCUT2D eigenvalue weighted by atomic mass is 32.1. The molecule has 1 aromatic heterocycles. The lowest BCUT2D eigenvalue weighted by molar-refractivity contribution is -0.131. The standard InChI is InChI=1S/C16H20FN3OS/c1-11-5-4-8-20(9-11)14(21)10-19(2)16-18-15-12(17)6-3-7-13(15)22-16/h3,6-7,11H,4-5,8-10H2,1-2H3. The van der Waals surface area contributed by atoms with E-state index in [1.165, 1.54) is 23.8 Å². The highest BCUT2D eigenvalue weighted by molar-refractivity contribution is 7.22. The monoisotopic (exact) mass is 321 g/mol. The number of carbonyl (C=O) groups is 1. The summed E-state index contributed by atoms with van der Waals surface area (Å²) in [6, 6.07) is 4.94. The number of piperidine rings is 1. The summed E-state index contributed by atoms with van der Waals surface area (Å²) in [6.07, 6.45) is 2.26. The zero-order valence-electron chi connectivity index (χ0n) is 12.9. The predicted molar refractivity (Wildman–Crippen MR) is 87.8 cm³/mol. The minimum atomic E-state index is -0.315. The number of thiazole rings is 1. The zero-order chi connectivity index (χ0) is 15.7. The Morgan fingerprint density at radius 3 is 3.09 bits per heavy atom. The molecule has 1 amide bonds. The minimum Gasteiger partial charge on any atom is -0.342 e. The Morgan fingerprint density at radius 2 is 2.36 bits per heavy atom. The van der Waals surface area contributed by atoms with Crippen molar-refractivity contribution in [1.82, 2.24) is 9.88 Å². The lowest BCUT2D eigenvalue weighted by Gasteiger charge is -2.32. The molecule has 6 heteroatoms. The molecule has 2 aromatic rings. The number of likely N-dealkylation sites (tertiary alicyclic amines) is 1. The van der Waals surface area contributed by atoms with Crippen LogP contribution in [0.25, 0.3) is 10.2 Å². The Morgan fingerprint density at radius 1 is 1.55 bits per heavy atom. The second kappa shape index (κ2) is 6.20. The predicted octanol–water partition coefficient (Wildman–Crippen LogP) is 3.13. The molecule has 0 aliphatic carbocycles. The molecule has 2 heterocycles. The summed E-state index contributed by atoms with van der Waals surface area (Å²) in [7, 11) is 1.83. The van der Waals surface area contributed by atoms with E-state index >= 15 is 0 Å². The van der Waals surface area contributed by atoms with E-state index in [1.807, 2.05) is 22.9 Å². The second-order valence-electron chi connectivity index (χ2n) is 6.03. The molecule has 0 spiro atoms. The number of likely N-dealkylation sites (N-methyl/N-ethyl adjacent to an activating group) is 1. The van der Waals surface area contributed by atoms with Gasteiger partial charge in [-0.3, -0.25) is 4.79 Å². The van der Waals surface area contributed by atoms with E-state index in [2.05, 4.69) is 11.9 Å². The van der Waals surface area contributed by atoms with E-state index in [-0.39, 0.29) is 18.3 Å². The Hall–Kier alpha value is -1.69. The molecule has 0 saturated carbocycles. The third kappa shape index (κ3) is 3.06. The number of rotatable bonds is 3. The van der Waals surface area contributed by atoms with Crippen molar-refractivity contribution in [3.8, 4) is 0 Å². The number of carbonyl (C=O) groups excluding carboxylic acids is 1. The van der Waals surface area contributed by atoms with Crippen molar-refractivity contribution in [2.24, 2.45) is 5.92 Å². The van der Waals surface area contributed by atoms with Crippen LogP contribution in [0, 0.1) is 11.7 Å². The Bertz CT molecular complexity index is 687. The molecule has 4 nitrogen and oxygen atoms in total. The topological polar surface area (TPSA) is 36.4 Å². The van der Waals surface area contributed by atoms with Crippen molar-refractivity contribution in [3.05, 3.63) is 24.0 Å². The van der Waals surface area contributed by atoms with Crippen molar-refractivity contribution < 1.29 is 9.18 Å². The summed E-state index contributed by atoms with van der Waals surface area (Å²) in [6.45, 7) is 4.14. The van der Waals surface area contributed by atoms with E-state index in [0.717, 1.165) is 24.2 Å². The molecule has 1 aliphatic rings. The number of para-hydroxylation sites is 1. The number of hydrogen-bond acceptors (Lipinski definition) is 4. The Labute approximate surface area is 133 Å². The van der Waals surface area contributed by atoms with Gasteiger partial charge in [0.05, 0.1) is 11.2 Å². The molecule has 118 valence electrons. The Kier molecular flexibility index (Phi) is 4.29. The summed E-state index contributed by atoms with van der Waals surface area (Å²) in [5.41, 5.74) is 0.383. The molecule has 1 aromatic carbocycles. The average molecular weight is 321 g/mol. The van der Waals surface area contributed by atoms with E-state index in [4.69, 9.17) is 0 Å². The number of nitrogens with zero attached hydrogens (tertiary/aromatic N) is 3. The molecule has 22 heavy (non-hydrogen) atoms. The first kappa shape index (κ1) is 15.2. The lowest BCUT2D eigenvalue weighted by atomic mass is 10.0. The van der Waals surface area contributed by atoms with Crippen LogP contribution in [0.2, 0.25) is 0 Å². The summed E-state index contributed by atoms with van der Waals surface area (Å²) in [5, 5.41) is 0.679. The minimum absolute atomic E-state index is 0.119. The number of halogens is 1. The fraction of sp³-hybridized carbons (Fsp3) is 0.500. The first-order valence-corrected chi connectivity index (χ1v) is 8.40. The number of fused-ring (bicyclic) bond motifs is 1. The van der Waals surface area contributed by atoms with Crippen LogP contribution >= 0.6 is 11.3 Å². The van der Waals surface area contributed by atoms with Gasteiger partial charge in [-0.05, 0) is 30.9 Å². The van der Waals surface area contributed by atoms with Gasteiger partial charge in [-0.15, -0.1) is 0 Å². The summed E-state index contributed by atoms with van der Waals surface area (Å²) in [5.74, 6) is 0.373. The number of aromatic nitrogens is 1. The smallest absolute Gasteiger partial charge is 0.242 e. The summed E-state index contributed by atoms with van der Waals surface area (Å²) in [4.78, 5) is 20.5. The number of benzene rings is 1. The van der Waals surface area contributed by atoms with Crippen LogP contribution in [0.4, 0.5) is 9.52 Å². The van der Waals surface area contributed by atoms with Gasteiger partial charge < -0.3 is 9.80 Å². The van der Waals surface area contributed by atoms with Crippen molar-refractivity contribution in [1.29, 1.82) is 0 Å². The first-order valence-electron chi connectivity index (χ1n) is 7.58. The van der Waals surface area contributed by atoms with Gasteiger partial charge in [0.15, 0.2) is 5.13 Å². The van der Waals surface area contributed by atoms with E-state index < -0.39 is 0 Å². The van der Waals surface area contributed by atoms with Crippen molar-refractivity contribution in [2.75, 3.05) is 31.6 Å². The van der Waals surface area contributed by atoms with Crippen LogP contribution in [0.1, 0.15) is 19.8 Å². The maximum atomic E-state index is 13.7. The molecule has 3 rings (SSSR count). The van der Waals surface area contributed by atoms with E-state index in [9.17, 15) is 9.18 Å². The van der Waals surface area contributed by atoms with Crippen LogP contribution in [-0.4, -0.2) is 42.5 Å². The first-order chi connectivity index (χ1) is 10.5. The molecule has 0 N–H and O–H groups in total. The quantitative estimate of drug-likeness (QED) is 0.871. The third-order valence-corrected chi connectivity index (χ3v) is 5.20. The van der Waals surface area contributed by atoms with Gasteiger partial charge in [0.1, 0.15) is 11.3 Å². The zero-order valence-corrected chi connectivity index (χ0v) is 13.7. The van der Waals surface area contributed by atoms with Gasteiger partial charge in [0.2, 0.25) is 5.91 Å². The normalized spacial score (nSPS) is 18.7. The van der Waals surface area contributed by atoms with Gasteiger partial charge in [-0.25, -0.2) is 9.37 Å². The molecular formula is C16H20FN3OS. The van der Waals surface area contributed by atoms with E-state index in [1.54, 1.807) is 6.07 Å². The van der Waals surface area contributed by atoms with Crippen LogP contribution in [-0.2, 0) is 4.79 Å². The van der Waals surface area contributed by atoms with Crippen LogP contribution in [0.15, 0.2) is 18.2 Å². The largest absolute Gasteiger partial charge is 0.342 e. The molecule has 1 atom stereocenters. The Balaban J connectivity index is 1.71. The number of anilines is 1. The van der Waals surface area contributed by atoms with Gasteiger partial charge in [-0.2, -0.15) is 0 Å². The summed E-state index contributed by atoms with van der Waals surface area (Å²) >= 11 is 1.41. The van der Waals surface area contributed by atoms with Crippen molar-refractivity contribution in [2.45, 2.75) is 19.8 Å². The molecular weight excluding hydrogens is 301 g/mol. The van der Waals surface area contributed by atoms with Crippen LogP contribution in [0.3, 0.4) is 0 Å². The SMILES string of the molecule is CC1CCCN(C(=O)CN(C)c2nc3c(F)cccc3s2)C1. The number of amides is 1. The highest BCUT2D eigenvalue weighted by Crippen LogP contribution is 2.29. The second-order valence-corrected chi connectivity index (χ2v) is 7.04. The van der Waals surface area contributed by atoms with Gasteiger partial charge >= 0.3 is 0 Å². The van der Waals surface area contributed by atoms with E-state index in [0.29, 0.717) is 16.6 Å². The average Bonchev–Trinajstić information content (AvgIpc) is 2.93. The van der Waals surface area contributed by atoms with Crippen LogP contribution < -0.4 is 4.90 Å². The molecule has 0 bridgehead atoms. The van der Waals surface area contributed by atoms with Crippen LogP contribution in [0.5, 0.6) is 0 Å². The van der Waals surface area contributed by atoms with Gasteiger partial charge in [-0.1, -0.05) is 24.3 Å². The maximum absolute atomic E-state index is 13.7. The van der Waals surface area contributed by atoms with Gasteiger partial charge in [0, 0.05) is 20.1 Å². The number of hydrogen-bond donors (Lipinski definition) is 0. The fourth-order valence-electron chi connectivity index (χ4n) is 2.85. The third-order valence-electron chi connectivity index (χ3n) is 4.07. The maximum Gasteiger partial charge on any atom is 0.242 e. The highest BCUT2D eigenvalue weighted by Gasteiger charge is 2.22. The molecule has 1 saturated heterocycles. The van der Waals surface area contributed by atoms with Gasteiger partial charge in [0.25, 0.3) is 0 Å². The lowest BCUT2D eigenvalue weighted by Crippen LogP contribution is -2.44. The summed E-state index contributed by atoms with van der Waals surface area (Å²) < 4.78 is 14.5. The molecule has 1 unspecified atom stereocenters. The molecule has 1 fully saturated rings. The van der Waals surface area contributed by atoms with Crippen molar-refractivity contribution in [3.63, 3.8) is 0 Å². The molecule has 0 radical (unpaired) electrons. The molecule has 1 aliphatic heterocycles.